The van der Waals surface area contributed by atoms with E-state index in [4.69, 9.17) is 14.2 Å². The number of rotatable bonds is 5. The Morgan fingerprint density at radius 3 is 2.29 bits per heavy atom. The minimum absolute atomic E-state index is 0.157. The summed E-state index contributed by atoms with van der Waals surface area (Å²) in [5.41, 5.74) is 0. The molecule has 31 heavy (non-hydrogen) atoms. The number of piperidine rings is 2. The van der Waals surface area contributed by atoms with E-state index in [1.165, 1.54) is 12.0 Å². The van der Waals surface area contributed by atoms with Crippen LogP contribution in [0.4, 0.5) is 9.18 Å². The summed E-state index contributed by atoms with van der Waals surface area (Å²) in [6.07, 6.45) is 1.76. The lowest BCUT2D eigenvalue weighted by atomic mass is 9.70. The van der Waals surface area contributed by atoms with Crippen molar-refractivity contribution in [1.29, 1.82) is 0 Å². The van der Waals surface area contributed by atoms with Crippen LogP contribution in [0.5, 0.6) is 0 Å². The standard InChI is InChI=1S/C22H35FN2O6/c1-4-30-20(26)16-8-17(23)13-24(11-16)18-7-6-14-12-25(22(28)29-3)19(10-15(14)9-18)21(27)31-5-2/h14-19H,4-13H2,1-3H3/t14-,15?,16-,17-,18-,19?/m0/s1. The smallest absolute Gasteiger partial charge is 0.410 e. The van der Waals surface area contributed by atoms with Crippen molar-refractivity contribution in [3.8, 4) is 0 Å². The average Bonchev–Trinajstić information content (AvgIpc) is 2.77. The van der Waals surface area contributed by atoms with Gasteiger partial charge in [0, 0.05) is 25.7 Å². The summed E-state index contributed by atoms with van der Waals surface area (Å²) >= 11 is 0. The average molecular weight is 443 g/mol. The molecule has 0 aromatic rings. The van der Waals surface area contributed by atoms with Gasteiger partial charge in [-0.2, -0.15) is 0 Å². The topological polar surface area (TPSA) is 85.4 Å². The van der Waals surface area contributed by atoms with Gasteiger partial charge in [0.15, 0.2) is 0 Å². The monoisotopic (exact) mass is 442 g/mol. The number of alkyl halides is 1. The Morgan fingerprint density at radius 1 is 0.903 bits per heavy atom. The predicted molar refractivity (Wildman–Crippen MR) is 110 cm³/mol. The molecule has 0 bridgehead atoms. The Hall–Kier alpha value is -1.90. The van der Waals surface area contributed by atoms with Crippen molar-refractivity contribution in [3.05, 3.63) is 0 Å². The molecular weight excluding hydrogens is 407 g/mol. The fourth-order valence-corrected chi connectivity index (χ4v) is 5.54. The Bertz CT molecular complexity index is 662. The maximum absolute atomic E-state index is 14.4. The fraction of sp³-hybridized carbons (Fsp3) is 0.864. The number of halogens is 1. The van der Waals surface area contributed by atoms with Crippen molar-refractivity contribution >= 4 is 18.0 Å². The van der Waals surface area contributed by atoms with Gasteiger partial charge < -0.3 is 14.2 Å². The molecule has 0 aromatic heterocycles. The molecule has 3 fully saturated rings. The number of hydrogen-bond donors (Lipinski definition) is 0. The van der Waals surface area contributed by atoms with E-state index in [1.54, 1.807) is 13.8 Å². The summed E-state index contributed by atoms with van der Waals surface area (Å²) in [4.78, 5) is 40.6. The normalized spacial score (nSPS) is 33.9. The molecule has 3 rings (SSSR count). The highest BCUT2D eigenvalue weighted by Gasteiger charge is 2.46. The Balaban J connectivity index is 1.68. The van der Waals surface area contributed by atoms with Gasteiger partial charge in [0.2, 0.25) is 0 Å². The fourth-order valence-electron chi connectivity index (χ4n) is 5.54. The second kappa shape index (κ2) is 10.6. The maximum Gasteiger partial charge on any atom is 0.410 e. The van der Waals surface area contributed by atoms with E-state index in [-0.39, 0.29) is 36.9 Å². The molecule has 9 heteroatoms. The number of hydrogen-bond acceptors (Lipinski definition) is 7. The summed E-state index contributed by atoms with van der Waals surface area (Å²) in [7, 11) is 1.32. The van der Waals surface area contributed by atoms with Crippen molar-refractivity contribution in [2.24, 2.45) is 17.8 Å². The van der Waals surface area contributed by atoms with Gasteiger partial charge in [-0.25, -0.2) is 14.0 Å². The predicted octanol–water partition coefficient (Wildman–Crippen LogP) is 2.40. The van der Waals surface area contributed by atoms with E-state index in [0.717, 1.165) is 19.3 Å². The first kappa shape index (κ1) is 23.8. The lowest BCUT2D eigenvalue weighted by Gasteiger charge is -2.49. The molecule has 2 heterocycles. The van der Waals surface area contributed by atoms with Crippen LogP contribution >= 0.6 is 0 Å². The third-order valence-electron chi connectivity index (χ3n) is 6.98. The van der Waals surface area contributed by atoms with E-state index in [1.807, 2.05) is 0 Å². The summed E-state index contributed by atoms with van der Waals surface area (Å²) in [5, 5.41) is 0. The number of ether oxygens (including phenoxy) is 3. The zero-order chi connectivity index (χ0) is 22.5. The van der Waals surface area contributed by atoms with E-state index in [2.05, 4.69) is 4.90 Å². The molecule has 0 N–H and O–H groups in total. The van der Waals surface area contributed by atoms with Crippen LogP contribution in [0, 0.1) is 17.8 Å². The molecule has 0 aromatic carbocycles. The summed E-state index contributed by atoms with van der Waals surface area (Å²) < 4.78 is 29.7. The Labute approximate surface area is 183 Å². The first-order valence-corrected chi connectivity index (χ1v) is 11.4. The quantitative estimate of drug-likeness (QED) is 0.477. The highest BCUT2D eigenvalue weighted by Crippen LogP contribution is 2.41. The molecule has 0 spiro atoms. The number of carbonyl (C=O) groups is 3. The summed E-state index contributed by atoms with van der Waals surface area (Å²) in [6, 6.07) is -0.501. The highest BCUT2D eigenvalue weighted by molar-refractivity contribution is 5.81. The molecule has 6 atom stereocenters. The number of carbonyl (C=O) groups excluding carboxylic acids is 3. The van der Waals surface area contributed by atoms with E-state index >= 15 is 0 Å². The minimum atomic E-state index is -1.05. The third kappa shape index (κ3) is 5.48. The largest absolute Gasteiger partial charge is 0.466 e. The number of amides is 1. The van der Waals surface area contributed by atoms with Crippen molar-refractivity contribution in [1.82, 2.24) is 9.80 Å². The first-order valence-electron chi connectivity index (χ1n) is 11.4. The molecule has 1 aliphatic carbocycles. The van der Waals surface area contributed by atoms with Gasteiger partial charge in [-0.1, -0.05) is 0 Å². The van der Waals surface area contributed by atoms with Crippen LogP contribution in [0.1, 0.15) is 46.0 Å². The number of methoxy groups -OCH3 is 1. The van der Waals surface area contributed by atoms with Gasteiger partial charge >= 0.3 is 18.0 Å². The van der Waals surface area contributed by atoms with Gasteiger partial charge in [-0.3, -0.25) is 14.6 Å². The molecular formula is C22H35FN2O6. The van der Waals surface area contributed by atoms with Gasteiger partial charge in [-0.05, 0) is 57.8 Å². The summed E-state index contributed by atoms with van der Waals surface area (Å²) in [6.45, 7) is 5.35. The third-order valence-corrected chi connectivity index (χ3v) is 6.98. The van der Waals surface area contributed by atoms with Crippen LogP contribution in [0.15, 0.2) is 0 Å². The van der Waals surface area contributed by atoms with E-state index < -0.39 is 30.2 Å². The number of likely N-dealkylation sites (tertiary alicyclic amines) is 2. The highest BCUT2D eigenvalue weighted by atomic mass is 19.1. The van der Waals surface area contributed by atoms with Crippen molar-refractivity contribution in [2.45, 2.75) is 64.2 Å². The SMILES string of the molecule is CCOC(=O)C1CC2C[C@@H](N3C[C@@H](F)C[C@H](C(=O)OCC)C3)CC[C@H]2CN1C(=O)OC. The van der Waals surface area contributed by atoms with Gasteiger partial charge in [-0.15, -0.1) is 0 Å². The van der Waals surface area contributed by atoms with Crippen LogP contribution in [0.2, 0.25) is 0 Å². The molecule has 3 aliphatic rings. The number of fused-ring (bicyclic) bond motifs is 1. The van der Waals surface area contributed by atoms with Crippen LogP contribution in [0.25, 0.3) is 0 Å². The van der Waals surface area contributed by atoms with E-state index in [9.17, 15) is 18.8 Å². The molecule has 1 amide bonds. The molecule has 2 aliphatic heterocycles. The van der Waals surface area contributed by atoms with Crippen LogP contribution in [0.3, 0.4) is 0 Å². The second-order valence-electron chi connectivity index (χ2n) is 8.85. The van der Waals surface area contributed by atoms with Crippen LogP contribution in [-0.4, -0.2) is 86.0 Å². The first-order chi connectivity index (χ1) is 14.9. The van der Waals surface area contributed by atoms with Gasteiger partial charge in [0.1, 0.15) is 12.2 Å². The zero-order valence-corrected chi connectivity index (χ0v) is 18.8. The molecule has 8 nitrogen and oxygen atoms in total. The van der Waals surface area contributed by atoms with Crippen molar-refractivity contribution in [3.63, 3.8) is 0 Å². The van der Waals surface area contributed by atoms with Crippen LogP contribution < -0.4 is 0 Å². The second-order valence-corrected chi connectivity index (χ2v) is 8.85. The minimum Gasteiger partial charge on any atom is -0.466 e. The molecule has 2 saturated heterocycles. The van der Waals surface area contributed by atoms with Gasteiger partial charge in [0.25, 0.3) is 0 Å². The molecule has 2 unspecified atom stereocenters. The number of esters is 2. The Kier molecular flexibility index (Phi) is 8.13. The molecule has 176 valence electrons. The Morgan fingerprint density at radius 2 is 1.61 bits per heavy atom. The molecule has 1 saturated carbocycles. The zero-order valence-electron chi connectivity index (χ0n) is 18.8. The summed E-state index contributed by atoms with van der Waals surface area (Å²) in [5.74, 6) is -0.659. The van der Waals surface area contributed by atoms with Crippen LogP contribution in [-0.2, 0) is 23.8 Å². The van der Waals surface area contributed by atoms with Crippen molar-refractivity contribution < 1.29 is 33.0 Å². The lowest BCUT2D eigenvalue weighted by Crippen LogP contribution is -2.57. The van der Waals surface area contributed by atoms with Crippen molar-refractivity contribution in [2.75, 3.05) is 40.0 Å². The molecule has 0 radical (unpaired) electrons. The number of nitrogens with zero attached hydrogens (tertiary/aromatic N) is 2. The van der Waals surface area contributed by atoms with Gasteiger partial charge in [0.05, 0.1) is 26.2 Å². The lowest BCUT2D eigenvalue weighted by molar-refractivity contribution is -0.154. The maximum atomic E-state index is 14.4. The van der Waals surface area contributed by atoms with E-state index in [0.29, 0.717) is 32.7 Å².